The van der Waals surface area contributed by atoms with Gasteiger partial charge in [0, 0.05) is 12.0 Å². The Hall–Kier alpha value is -2.05. The fourth-order valence-corrected chi connectivity index (χ4v) is 2.72. The number of esters is 1. The molecule has 2 rings (SSSR count). The molecule has 8 heteroatoms. The molecule has 0 radical (unpaired) electrons. The molecule has 134 valence electrons. The van der Waals surface area contributed by atoms with Crippen LogP contribution in [0.15, 0.2) is 16.7 Å². The van der Waals surface area contributed by atoms with Gasteiger partial charge in [0.1, 0.15) is 5.76 Å². The van der Waals surface area contributed by atoms with Crippen molar-refractivity contribution in [1.82, 2.24) is 5.16 Å². The van der Waals surface area contributed by atoms with E-state index in [1.54, 1.807) is 32.9 Å². The van der Waals surface area contributed by atoms with Gasteiger partial charge in [-0.15, -0.1) is 0 Å². The molecule has 6 nitrogen and oxygen atoms in total. The highest BCUT2D eigenvalue weighted by atomic mass is 35.5. The molecule has 0 saturated heterocycles. The van der Waals surface area contributed by atoms with Crippen LogP contribution >= 0.6 is 23.2 Å². The topological polar surface area (TPSA) is 81.4 Å². The number of anilines is 1. The second-order valence-electron chi connectivity index (χ2n) is 5.56. The summed E-state index contributed by atoms with van der Waals surface area (Å²) in [4.78, 5) is 23.7. The Morgan fingerprint density at radius 2 is 1.96 bits per heavy atom. The van der Waals surface area contributed by atoms with Crippen molar-refractivity contribution in [3.8, 4) is 0 Å². The van der Waals surface area contributed by atoms with Crippen LogP contribution < -0.4 is 5.32 Å². The van der Waals surface area contributed by atoms with E-state index in [9.17, 15) is 9.59 Å². The number of nitrogens with zero attached hydrogens (tertiary/aromatic N) is 1. The van der Waals surface area contributed by atoms with Crippen LogP contribution in [0.25, 0.3) is 0 Å². The lowest BCUT2D eigenvalue weighted by atomic mass is 10.1. The number of carbonyl (C=O) groups is 2. The van der Waals surface area contributed by atoms with Crippen molar-refractivity contribution in [2.75, 3.05) is 11.9 Å². The zero-order valence-electron chi connectivity index (χ0n) is 14.1. The van der Waals surface area contributed by atoms with Gasteiger partial charge in [0.05, 0.1) is 21.4 Å². The molecule has 1 amide bonds. The first kappa shape index (κ1) is 19.3. The lowest BCUT2D eigenvalue weighted by Gasteiger charge is -2.11. The van der Waals surface area contributed by atoms with Crippen molar-refractivity contribution in [2.45, 2.75) is 33.6 Å². The molecule has 0 aliphatic carbocycles. The average Bonchev–Trinajstić information content (AvgIpc) is 2.89. The number of hydrogen-bond acceptors (Lipinski definition) is 5. The zero-order chi connectivity index (χ0) is 18.6. The summed E-state index contributed by atoms with van der Waals surface area (Å²) in [5.74, 6) is -0.330. The number of carbonyl (C=O) groups excluding carboxylic acids is 2. The van der Waals surface area contributed by atoms with Gasteiger partial charge in [0.25, 0.3) is 5.91 Å². The Kier molecular flexibility index (Phi) is 6.45. The highest BCUT2D eigenvalue weighted by molar-refractivity contribution is 6.40. The second-order valence-corrected chi connectivity index (χ2v) is 6.35. The molecular weight excluding hydrogens is 367 g/mol. The average molecular weight is 385 g/mol. The summed E-state index contributed by atoms with van der Waals surface area (Å²) in [5, 5.41) is 7.05. The third kappa shape index (κ3) is 4.96. The molecule has 0 spiro atoms. The van der Waals surface area contributed by atoms with E-state index >= 15 is 0 Å². The van der Waals surface area contributed by atoms with Gasteiger partial charge < -0.3 is 14.6 Å². The van der Waals surface area contributed by atoms with Gasteiger partial charge >= 0.3 is 5.97 Å². The molecule has 1 heterocycles. The third-order valence-electron chi connectivity index (χ3n) is 3.67. The van der Waals surface area contributed by atoms with E-state index < -0.39 is 18.5 Å². The lowest BCUT2D eigenvalue weighted by Crippen LogP contribution is -2.21. The predicted octanol–water partition coefficient (Wildman–Crippen LogP) is 4.02. The second kappa shape index (κ2) is 8.36. The standard InChI is InChI=1S/C17H18Cl2N2O4/c1-9-4-6-13(18)17(16(9)19)20-14(22)8-24-15(23)7-5-12-10(2)21-25-11(12)3/h4,6H,5,7-8H2,1-3H3,(H,20,22). The number of halogens is 2. The van der Waals surface area contributed by atoms with Gasteiger partial charge in [0.15, 0.2) is 6.61 Å². The molecule has 25 heavy (non-hydrogen) atoms. The van der Waals surface area contributed by atoms with Gasteiger partial charge in [-0.3, -0.25) is 9.59 Å². The first-order chi connectivity index (χ1) is 11.8. The van der Waals surface area contributed by atoms with Crippen LogP contribution in [0.3, 0.4) is 0 Å². The summed E-state index contributed by atoms with van der Waals surface area (Å²) in [6.07, 6.45) is 0.569. The molecule has 1 N–H and O–H groups in total. The molecule has 0 aliphatic rings. The Balaban J connectivity index is 1.84. The quantitative estimate of drug-likeness (QED) is 0.760. The van der Waals surface area contributed by atoms with Crippen LogP contribution in [0.4, 0.5) is 5.69 Å². The van der Waals surface area contributed by atoms with E-state index in [1.807, 2.05) is 0 Å². The van der Waals surface area contributed by atoms with Gasteiger partial charge in [-0.1, -0.05) is 34.4 Å². The maximum absolute atomic E-state index is 11.9. The molecule has 0 unspecified atom stereocenters. The fourth-order valence-electron chi connectivity index (χ4n) is 2.25. The summed E-state index contributed by atoms with van der Waals surface area (Å²) in [6, 6.07) is 3.38. The number of rotatable bonds is 6. The van der Waals surface area contributed by atoms with Gasteiger partial charge in [-0.05, 0) is 38.8 Å². The number of nitrogens with one attached hydrogen (secondary N) is 1. The molecular formula is C17H18Cl2N2O4. The smallest absolute Gasteiger partial charge is 0.306 e. The van der Waals surface area contributed by atoms with Crippen molar-refractivity contribution < 1.29 is 18.8 Å². The molecule has 0 fully saturated rings. The van der Waals surface area contributed by atoms with Crippen molar-refractivity contribution in [2.24, 2.45) is 0 Å². The van der Waals surface area contributed by atoms with Gasteiger partial charge in [-0.2, -0.15) is 0 Å². The number of aromatic nitrogens is 1. The summed E-state index contributed by atoms with van der Waals surface area (Å²) < 4.78 is 10.0. The Morgan fingerprint density at radius 1 is 1.24 bits per heavy atom. The van der Waals surface area contributed by atoms with E-state index in [0.29, 0.717) is 27.9 Å². The van der Waals surface area contributed by atoms with Crippen LogP contribution in [-0.4, -0.2) is 23.6 Å². The molecule has 0 atom stereocenters. The van der Waals surface area contributed by atoms with Crippen LogP contribution in [0, 0.1) is 20.8 Å². The molecule has 1 aromatic carbocycles. The number of aryl methyl sites for hydroxylation is 3. The Morgan fingerprint density at radius 3 is 2.60 bits per heavy atom. The van der Waals surface area contributed by atoms with Crippen molar-refractivity contribution in [3.05, 3.63) is 44.8 Å². The van der Waals surface area contributed by atoms with Crippen molar-refractivity contribution in [1.29, 1.82) is 0 Å². The van der Waals surface area contributed by atoms with Crippen LogP contribution in [-0.2, 0) is 20.7 Å². The molecule has 1 aromatic heterocycles. The largest absolute Gasteiger partial charge is 0.456 e. The number of benzene rings is 1. The number of amides is 1. The third-order valence-corrected chi connectivity index (χ3v) is 4.48. The minimum Gasteiger partial charge on any atom is -0.456 e. The zero-order valence-corrected chi connectivity index (χ0v) is 15.6. The fraction of sp³-hybridized carbons (Fsp3) is 0.353. The number of hydrogen-bond donors (Lipinski definition) is 1. The van der Waals surface area contributed by atoms with E-state index in [-0.39, 0.29) is 6.42 Å². The summed E-state index contributed by atoms with van der Waals surface area (Å²) in [7, 11) is 0. The van der Waals surface area contributed by atoms with Crippen molar-refractivity contribution in [3.63, 3.8) is 0 Å². The molecule has 0 aliphatic heterocycles. The summed E-state index contributed by atoms with van der Waals surface area (Å²) in [6.45, 7) is 4.97. The van der Waals surface area contributed by atoms with Crippen molar-refractivity contribution >= 4 is 40.8 Å². The molecule has 2 aromatic rings. The van der Waals surface area contributed by atoms with E-state index in [4.69, 9.17) is 32.5 Å². The maximum atomic E-state index is 11.9. The summed E-state index contributed by atoms with van der Waals surface area (Å²) in [5.41, 5.74) is 2.70. The van der Waals surface area contributed by atoms with Gasteiger partial charge in [0.2, 0.25) is 0 Å². The highest BCUT2D eigenvalue weighted by Gasteiger charge is 2.15. The summed E-state index contributed by atoms with van der Waals surface area (Å²) >= 11 is 12.1. The van der Waals surface area contributed by atoms with Gasteiger partial charge in [-0.25, -0.2) is 0 Å². The van der Waals surface area contributed by atoms with E-state index in [2.05, 4.69) is 10.5 Å². The maximum Gasteiger partial charge on any atom is 0.306 e. The van der Waals surface area contributed by atoms with Crippen LogP contribution in [0.2, 0.25) is 10.0 Å². The molecule has 0 saturated carbocycles. The SMILES string of the molecule is Cc1ccc(Cl)c(NC(=O)COC(=O)CCc2c(C)noc2C)c1Cl. The lowest BCUT2D eigenvalue weighted by molar-refractivity contribution is -0.147. The highest BCUT2D eigenvalue weighted by Crippen LogP contribution is 2.32. The first-order valence-electron chi connectivity index (χ1n) is 7.61. The Labute approximate surface area is 155 Å². The first-order valence-corrected chi connectivity index (χ1v) is 8.37. The normalized spacial score (nSPS) is 10.6. The monoisotopic (exact) mass is 384 g/mol. The van der Waals surface area contributed by atoms with Crippen LogP contribution in [0.5, 0.6) is 0 Å². The molecule has 0 bridgehead atoms. The number of ether oxygens (including phenoxy) is 1. The minimum absolute atomic E-state index is 0.127. The Bertz CT molecular complexity index is 783. The minimum atomic E-state index is -0.514. The van der Waals surface area contributed by atoms with E-state index in [0.717, 1.165) is 16.8 Å². The van der Waals surface area contributed by atoms with Crippen LogP contribution in [0.1, 0.15) is 29.0 Å². The van der Waals surface area contributed by atoms with E-state index in [1.165, 1.54) is 0 Å². The predicted molar refractivity (Wildman–Crippen MR) is 95.1 cm³/mol.